The maximum atomic E-state index is 11.9. The Kier molecular flexibility index (Phi) is 7.29. The predicted octanol–water partition coefficient (Wildman–Crippen LogP) is 2.43. The first-order chi connectivity index (χ1) is 9.93. The molecule has 2 amide bonds. The van der Waals surface area contributed by atoms with Gasteiger partial charge >= 0.3 is 0 Å². The molecule has 0 aliphatic heterocycles. The second-order valence-electron chi connectivity index (χ2n) is 5.14. The van der Waals surface area contributed by atoms with Crippen molar-refractivity contribution in [1.29, 1.82) is 0 Å². The zero-order chi connectivity index (χ0) is 15.8. The molecule has 0 aromatic heterocycles. The van der Waals surface area contributed by atoms with E-state index in [9.17, 15) is 9.59 Å². The van der Waals surface area contributed by atoms with Gasteiger partial charge in [0.25, 0.3) is 0 Å². The number of hydrogen-bond donors (Lipinski definition) is 2. The first kappa shape index (κ1) is 17.6. The third-order valence-electron chi connectivity index (χ3n) is 3.01. The van der Waals surface area contributed by atoms with Crippen molar-refractivity contribution in [3.05, 3.63) is 29.3 Å². The molecule has 0 radical (unpaired) electrons. The fraction of sp³-hybridized carbons (Fsp3) is 0.500. The lowest BCUT2D eigenvalue weighted by molar-refractivity contribution is -0.127. The molecule has 0 aliphatic rings. The van der Waals surface area contributed by atoms with Gasteiger partial charge in [-0.3, -0.25) is 9.59 Å². The van der Waals surface area contributed by atoms with Crippen molar-refractivity contribution < 1.29 is 9.59 Å². The summed E-state index contributed by atoms with van der Waals surface area (Å²) in [7, 11) is 0. The SMILES string of the molecule is CCCNC(=O)[C@H](C)NC(=O)CSc1ccc(C)cc1C. The number of aryl methyl sites for hydroxylation is 2. The molecule has 0 aliphatic carbocycles. The molecule has 0 saturated heterocycles. The van der Waals surface area contributed by atoms with Crippen molar-refractivity contribution in [2.45, 2.75) is 45.1 Å². The van der Waals surface area contributed by atoms with Gasteiger partial charge in [-0.2, -0.15) is 0 Å². The molecule has 0 heterocycles. The Hall–Kier alpha value is -1.49. The largest absolute Gasteiger partial charge is 0.354 e. The van der Waals surface area contributed by atoms with Gasteiger partial charge in [-0.1, -0.05) is 24.6 Å². The summed E-state index contributed by atoms with van der Waals surface area (Å²) >= 11 is 1.49. The number of carbonyl (C=O) groups excluding carboxylic acids is 2. The van der Waals surface area contributed by atoms with Gasteiger partial charge in [0.1, 0.15) is 6.04 Å². The van der Waals surface area contributed by atoms with E-state index in [1.165, 1.54) is 22.9 Å². The molecule has 1 aromatic rings. The molecule has 1 atom stereocenters. The second-order valence-corrected chi connectivity index (χ2v) is 6.16. The highest BCUT2D eigenvalue weighted by Crippen LogP contribution is 2.22. The highest BCUT2D eigenvalue weighted by Gasteiger charge is 2.15. The van der Waals surface area contributed by atoms with Crippen LogP contribution in [-0.2, 0) is 9.59 Å². The fourth-order valence-corrected chi connectivity index (χ4v) is 2.68. The number of thioether (sulfide) groups is 1. The molecule has 21 heavy (non-hydrogen) atoms. The Bertz CT molecular complexity index is 503. The van der Waals surface area contributed by atoms with E-state index in [4.69, 9.17) is 0 Å². The minimum absolute atomic E-state index is 0.126. The summed E-state index contributed by atoms with van der Waals surface area (Å²) in [6.45, 7) is 8.41. The van der Waals surface area contributed by atoms with Crippen LogP contribution in [0.2, 0.25) is 0 Å². The average molecular weight is 308 g/mol. The zero-order valence-electron chi connectivity index (χ0n) is 13.2. The van der Waals surface area contributed by atoms with Gasteiger partial charge in [-0.25, -0.2) is 0 Å². The van der Waals surface area contributed by atoms with E-state index in [2.05, 4.69) is 16.7 Å². The number of benzene rings is 1. The van der Waals surface area contributed by atoms with Crippen LogP contribution in [0.25, 0.3) is 0 Å². The van der Waals surface area contributed by atoms with Gasteiger partial charge in [0.2, 0.25) is 11.8 Å². The highest BCUT2D eigenvalue weighted by molar-refractivity contribution is 8.00. The number of hydrogen-bond acceptors (Lipinski definition) is 3. The predicted molar refractivity (Wildman–Crippen MR) is 87.5 cm³/mol. The Balaban J connectivity index is 2.41. The summed E-state index contributed by atoms with van der Waals surface area (Å²) in [5, 5.41) is 5.48. The van der Waals surface area contributed by atoms with Crippen LogP contribution in [-0.4, -0.2) is 30.2 Å². The Labute approximate surface area is 131 Å². The van der Waals surface area contributed by atoms with Gasteiger partial charge in [0.05, 0.1) is 5.75 Å². The third kappa shape index (κ3) is 6.21. The molecule has 1 rings (SSSR count). The summed E-state index contributed by atoms with van der Waals surface area (Å²) in [4.78, 5) is 24.6. The van der Waals surface area contributed by atoms with Crippen LogP contribution in [0.3, 0.4) is 0 Å². The van der Waals surface area contributed by atoms with Crippen molar-refractivity contribution in [3.8, 4) is 0 Å². The molecule has 0 bridgehead atoms. The van der Waals surface area contributed by atoms with E-state index in [0.717, 1.165) is 11.3 Å². The summed E-state index contributed by atoms with van der Waals surface area (Å²) in [6.07, 6.45) is 0.884. The fourth-order valence-electron chi connectivity index (χ4n) is 1.85. The molecule has 2 N–H and O–H groups in total. The number of carbonyl (C=O) groups is 2. The Morgan fingerprint density at radius 2 is 2.00 bits per heavy atom. The zero-order valence-corrected chi connectivity index (χ0v) is 14.0. The van der Waals surface area contributed by atoms with E-state index >= 15 is 0 Å². The molecule has 4 nitrogen and oxygen atoms in total. The van der Waals surface area contributed by atoms with Crippen LogP contribution < -0.4 is 10.6 Å². The number of nitrogens with one attached hydrogen (secondary N) is 2. The van der Waals surface area contributed by atoms with Gasteiger partial charge < -0.3 is 10.6 Å². The maximum absolute atomic E-state index is 11.9. The molecule has 0 saturated carbocycles. The van der Waals surface area contributed by atoms with Gasteiger partial charge in [0.15, 0.2) is 0 Å². The molecule has 0 unspecified atom stereocenters. The lowest BCUT2D eigenvalue weighted by Gasteiger charge is -2.14. The topological polar surface area (TPSA) is 58.2 Å². The minimum atomic E-state index is -0.497. The van der Waals surface area contributed by atoms with Crippen LogP contribution in [0.4, 0.5) is 0 Å². The Morgan fingerprint density at radius 3 is 2.62 bits per heavy atom. The van der Waals surface area contributed by atoms with E-state index in [-0.39, 0.29) is 11.8 Å². The van der Waals surface area contributed by atoms with Crippen LogP contribution in [0.15, 0.2) is 23.1 Å². The first-order valence-corrected chi connectivity index (χ1v) is 8.19. The molecule has 5 heteroatoms. The Morgan fingerprint density at radius 1 is 1.29 bits per heavy atom. The molecule has 1 aromatic carbocycles. The van der Waals surface area contributed by atoms with Gasteiger partial charge in [-0.15, -0.1) is 11.8 Å². The van der Waals surface area contributed by atoms with Crippen LogP contribution in [0, 0.1) is 13.8 Å². The van der Waals surface area contributed by atoms with E-state index in [1.54, 1.807) is 6.92 Å². The summed E-state index contributed by atoms with van der Waals surface area (Å²) in [5.41, 5.74) is 2.38. The van der Waals surface area contributed by atoms with Crippen molar-refractivity contribution in [1.82, 2.24) is 10.6 Å². The molecule has 0 spiro atoms. The first-order valence-electron chi connectivity index (χ1n) is 7.21. The lowest BCUT2D eigenvalue weighted by Crippen LogP contribution is -2.45. The molecule has 116 valence electrons. The highest BCUT2D eigenvalue weighted by atomic mass is 32.2. The van der Waals surface area contributed by atoms with Gasteiger partial charge in [0, 0.05) is 11.4 Å². The van der Waals surface area contributed by atoms with Crippen molar-refractivity contribution in [2.75, 3.05) is 12.3 Å². The third-order valence-corrected chi connectivity index (χ3v) is 4.18. The quantitative estimate of drug-likeness (QED) is 0.761. The average Bonchev–Trinajstić information content (AvgIpc) is 2.43. The minimum Gasteiger partial charge on any atom is -0.354 e. The van der Waals surface area contributed by atoms with E-state index in [0.29, 0.717) is 12.3 Å². The number of amides is 2. The normalized spacial score (nSPS) is 11.8. The lowest BCUT2D eigenvalue weighted by atomic mass is 10.2. The maximum Gasteiger partial charge on any atom is 0.242 e. The summed E-state index contributed by atoms with van der Waals surface area (Å²) in [5.74, 6) is 0.0517. The standard InChI is InChI=1S/C16H24N2O2S/c1-5-8-17-16(20)13(4)18-15(19)10-21-14-7-6-11(2)9-12(14)3/h6-7,9,13H,5,8,10H2,1-4H3,(H,17,20)(H,18,19)/t13-/m0/s1. The monoisotopic (exact) mass is 308 g/mol. The van der Waals surface area contributed by atoms with Crippen molar-refractivity contribution >= 4 is 23.6 Å². The molecule has 0 fully saturated rings. The van der Waals surface area contributed by atoms with E-state index in [1.807, 2.05) is 32.9 Å². The van der Waals surface area contributed by atoms with Crippen LogP contribution in [0.5, 0.6) is 0 Å². The van der Waals surface area contributed by atoms with Crippen LogP contribution >= 0.6 is 11.8 Å². The smallest absolute Gasteiger partial charge is 0.242 e. The summed E-state index contributed by atoms with van der Waals surface area (Å²) in [6, 6.07) is 5.67. The molecular formula is C16H24N2O2S. The van der Waals surface area contributed by atoms with Crippen LogP contribution in [0.1, 0.15) is 31.4 Å². The van der Waals surface area contributed by atoms with Gasteiger partial charge in [-0.05, 0) is 38.8 Å². The van der Waals surface area contributed by atoms with Crippen molar-refractivity contribution in [2.24, 2.45) is 0 Å². The summed E-state index contributed by atoms with van der Waals surface area (Å²) < 4.78 is 0. The second kappa shape index (κ2) is 8.72. The van der Waals surface area contributed by atoms with E-state index < -0.39 is 6.04 Å². The van der Waals surface area contributed by atoms with Crippen molar-refractivity contribution in [3.63, 3.8) is 0 Å². The number of rotatable bonds is 7. The molecular weight excluding hydrogens is 284 g/mol.